The molecule has 0 bridgehead atoms. The minimum absolute atomic E-state index is 0.0559. The molecule has 7 heteroatoms. The number of ketones is 1. The van der Waals surface area contributed by atoms with Crippen LogP contribution >= 0.6 is 0 Å². The molecule has 1 unspecified atom stereocenters. The summed E-state index contributed by atoms with van der Waals surface area (Å²) in [7, 11) is 0. The lowest BCUT2D eigenvalue weighted by atomic mass is 9.94. The van der Waals surface area contributed by atoms with Crippen LogP contribution in [0.1, 0.15) is 28.3 Å². The Kier molecular flexibility index (Phi) is 6.54. The first kappa shape index (κ1) is 22.9. The topological polar surface area (TPSA) is 79.7 Å². The van der Waals surface area contributed by atoms with Crippen LogP contribution in [-0.2, 0) is 16.1 Å². The van der Waals surface area contributed by atoms with Crippen molar-refractivity contribution in [3.8, 4) is 5.75 Å². The zero-order valence-corrected chi connectivity index (χ0v) is 18.6. The zero-order valence-electron chi connectivity index (χ0n) is 18.6. The van der Waals surface area contributed by atoms with Crippen molar-refractivity contribution in [1.82, 2.24) is 9.88 Å². The quantitative estimate of drug-likeness (QED) is 0.240. The van der Waals surface area contributed by atoms with E-state index in [1.165, 1.54) is 29.2 Å². The summed E-state index contributed by atoms with van der Waals surface area (Å²) in [5.74, 6) is -1.69. The standard InChI is InChI=1S/C27H23FN2O4/c1-3-13-34-22-11-8-20(14-17(22)2)25(31)23-24(19-6-9-21(28)10-7-19)30(27(33)26(23)32)16-18-5-4-12-29-15-18/h3-12,14-15,24,31H,1,13,16H2,2H3/b25-23-. The summed E-state index contributed by atoms with van der Waals surface area (Å²) in [5, 5.41) is 11.2. The average molecular weight is 458 g/mol. The molecule has 1 amide bonds. The number of nitrogens with zero attached hydrogens (tertiary/aromatic N) is 2. The van der Waals surface area contributed by atoms with Gasteiger partial charge in [-0.2, -0.15) is 0 Å². The van der Waals surface area contributed by atoms with Crippen molar-refractivity contribution in [3.63, 3.8) is 0 Å². The van der Waals surface area contributed by atoms with Crippen molar-refractivity contribution in [2.75, 3.05) is 6.61 Å². The summed E-state index contributed by atoms with van der Waals surface area (Å²) in [6.45, 7) is 5.87. The third kappa shape index (κ3) is 4.45. The van der Waals surface area contributed by atoms with Gasteiger partial charge >= 0.3 is 0 Å². The third-order valence-electron chi connectivity index (χ3n) is 5.61. The van der Waals surface area contributed by atoms with E-state index < -0.39 is 23.5 Å². The highest BCUT2D eigenvalue weighted by atomic mass is 19.1. The minimum atomic E-state index is -0.891. The highest BCUT2D eigenvalue weighted by Crippen LogP contribution is 2.40. The molecule has 1 atom stereocenters. The maximum Gasteiger partial charge on any atom is 0.295 e. The van der Waals surface area contributed by atoms with Gasteiger partial charge in [0, 0.05) is 24.5 Å². The monoisotopic (exact) mass is 458 g/mol. The van der Waals surface area contributed by atoms with Crippen LogP contribution in [0.15, 0.2) is 85.2 Å². The van der Waals surface area contributed by atoms with Gasteiger partial charge in [-0.3, -0.25) is 14.6 Å². The molecule has 172 valence electrons. The largest absolute Gasteiger partial charge is 0.507 e. The molecular weight excluding hydrogens is 435 g/mol. The highest BCUT2D eigenvalue weighted by molar-refractivity contribution is 6.46. The van der Waals surface area contributed by atoms with E-state index in [1.807, 2.05) is 6.92 Å². The van der Waals surface area contributed by atoms with E-state index in [2.05, 4.69) is 11.6 Å². The van der Waals surface area contributed by atoms with Crippen LogP contribution in [0.4, 0.5) is 4.39 Å². The number of benzene rings is 2. The average Bonchev–Trinajstić information content (AvgIpc) is 3.09. The number of amides is 1. The Hall–Kier alpha value is -4.26. The summed E-state index contributed by atoms with van der Waals surface area (Å²) < 4.78 is 19.2. The number of halogens is 1. The summed E-state index contributed by atoms with van der Waals surface area (Å²) in [4.78, 5) is 31.6. The Balaban J connectivity index is 1.81. The molecule has 34 heavy (non-hydrogen) atoms. The SMILES string of the molecule is C=CCOc1ccc(/C(O)=C2/C(=O)C(=O)N(Cc3cccnc3)C2c2ccc(F)cc2)cc1C. The summed E-state index contributed by atoms with van der Waals surface area (Å²) in [6, 6.07) is 13.2. The lowest BCUT2D eigenvalue weighted by Crippen LogP contribution is -2.29. The smallest absolute Gasteiger partial charge is 0.295 e. The summed E-state index contributed by atoms with van der Waals surface area (Å²) in [6.07, 6.45) is 4.84. The molecule has 1 N–H and O–H groups in total. The van der Waals surface area contributed by atoms with E-state index in [0.29, 0.717) is 23.5 Å². The fraction of sp³-hybridized carbons (Fsp3) is 0.148. The molecule has 1 aliphatic rings. The van der Waals surface area contributed by atoms with Gasteiger partial charge in [-0.15, -0.1) is 0 Å². The Morgan fingerprint density at radius 2 is 1.97 bits per heavy atom. The molecule has 0 saturated carbocycles. The lowest BCUT2D eigenvalue weighted by molar-refractivity contribution is -0.140. The normalized spacial score (nSPS) is 17.1. The zero-order chi connectivity index (χ0) is 24.2. The number of aryl methyl sites for hydroxylation is 1. The number of carbonyl (C=O) groups is 2. The fourth-order valence-electron chi connectivity index (χ4n) is 3.99. The van der Waals surface area contributed by atoms with Crippen LogP contribution in [0, 0.1) is 12.7 Å². The number of ether oxygens (including phenoxy) is 1. The third-order valence-corrected chi connectivity index (χ3v) is 5.61. The van der Waals surface area contributed by atoms with Crippen molar-refractivity contribution in [2.24, 2.45) is 0 Å². The Morgan fingerprint density at radius 1 is 1.21 bits per heavy atom. The van der Waals surface area contributed by atoms with E-state index in [4.69, 9.17) is 4.74 Å². The number of hydrogen-bond acceptors (Lipinski definition) is 5. The van der Waals surface area contributed by atoms with Gasteiger partial charge in [-0.05, 0) is 60.0 Å². The summed E-state index contributed by atoms with van der Waals surface area (Å²) >= 11 is 0. The van der Waals surface area contributed by atoms with Gasteiger partial charge in [0.25, 0.3) is 11.7 Å². The maximum atomic E-state index is 13.6. The first-order valence-corrected chi connectivity index (χ1v) is 10.7. The van der Waals surface area contributed by atoms with Crippen LogP contribution in [0.2, 0.25) is 0 Å². The molecule has 1 fully saturated rings. The molecule has 2 aromatic carbocycles. The van der Waals surface area contributed by atoms with E-state index in [1.54, 1.807) is 48.8 Å². The van der Waals surface area contributed by atoms with Crippen LogP contribution in [-0.4, -0.2) is 33.3 Å². The number of pyridine rings is 1. The molecule has 1 aromatic heterocycles. The number of aliphatic hydroxyl groups is 1. The van der Waals surface area contributed by atoms with Crippen molar-refractivity contribution in [3.05, 3.63) is 113 Å². The Bertz CT molecular complexity index is 1270. The Morgan fingerprint density at radius 3 is 2.62 bits per heavy atom. The summed E-state index contributed by atoms with van der Waals surface area (Å²) in [5.41, 5.74) is 2.29. The second kappa shape index (κ2) is 9.70. The highest BCUT2D eigenvalue weighted by Gasteiger charge is 2.46. The first-order chi connectivity index (χ1) is 16.4. The molecule has 1 saturated heterocycles. The molecular formula is C27H23FN2O4. The van der Waals surface area contributed by atoms with Gasteiger partial charge in [0.1, 0.15) is 23.9 Å². The number of aromatic nitrogens is 1. The van der Waals surface area contributed by atoms with Crippen molar-refractivity contribution in [2.45, 2.75) is 19.5 Å². The molecule has 3 aromatic rings. The molecule has 0 aliphatic carbocycles. The molecule has 2 heterocycles. The van der Waals surface area contributed by atoms with E-state index in [0.717, 1.165) is 11.1 Å². The van der Waals surface area contributed by atoms with Crippen LogP contribution in [0.3, 0.4) is 0 Å². The number of hydrogen-bond donors (Lipinski definition) is 1. The lowest BCUT2D eigenvalue weighted by Gasteiger charge is -2.25. The minimum Gasteiger partial charge on any atom is -0.507 e. The number of rotatable bonds is 7. The first-order valence-electron chi connectivity index (χ1n) is 10.7. The maximum absolute atomic E-state index is 13.6. The molecule has 0 spiro atoms. The van der Waals surface area contributed by atoms with Gasteiger partial charge in [0.15, 0.2) is 0 Å². The Labute approximate surface area is 196 Å². The number of likely N-dealkylation sites (tertiary alicyclic amines) is 1. The van der Waals surface area contributed by atoms with E-state index >= 15 is 0 Å². The number of aliphatic hydroxyl groups excluding tert-OH is 1. The van der Waals surface area contributed by atoms with E-state index in [-0.39, 0.29) is 17.9 Å². The van der Waals surface area contributed by atoms with Gasteiger partial charge < -0.3 is 14.7 Å². The van der Waals surface area contributed by atoms with Crippen molar-refractivity contribution >= 4 is 17.4 Å². The van der Waals surface area contributed by atoms with Gasteiger partial charge in [0.05, 0.1) is 11.6 Å². The van der Waals surface area contributed by atoms with Crippen LogP contribution in [0.5, 0.6) is 5.75 Å². The predicted molar refractivity (Wildman–Crippen MR) is 125 cm³/mol. The number of Topliss-reactive ketones (excluding diaryl/α,β-unsaturated/α-hetero) is 1. The molecule has 0 radical (unpaired) electrons. The van der Waals surface area contributed by atoms with Gasteiger partial charge in [-0.25, -0.2) is 4.39 Å². The molecule has 4 rings (SSSR count). The second-order valence-electron chi connectivity index (χ2n) is 7.92. The van der Waals surface area contributed by atoms with Crippen molar-refractivity contribution in [1.29, 1.82) is 0 Å². The fourth-order valence-corrected chi connectivity index (χ4v) is 3.99. The van der Waals surface area contributed by atoms with E-state index in [9.17, 15) is 19.1 Å². The van der Waals surface area contributed by atoms with Crippen molar-refractivity contribution < 1.29 is 23.8 Å². The number of carbonyl (C=O) groups excluding carboxylic acids is 2. The van der Waals surface area contributed by atoms with Gasteiger partial charge in [0.2, 0.25) is 0 Å². The van der Waals surface area contributed by atoms with Crippen LogP contribution < -0.4 is 4.74 Å². The molecule has 1 aliphatic heterocycles. The predicted octanol–water partition coefficient (Wildman–Crippen LogP) is 4.72. The van der Waals surface area contributed by atoms with Gasteiger partial charge in [-0.1, -0.05) is 30.9 Å². The van der Waals surface area contributed by atoms with Crippen LogP contribution in [0.25, 0.3) is 5.76 Å². The molecule has 6 nitrogen and oxygen atoms in total. The second-order valence-corrected chi connectivity index (χ2v) is 7.92.